The third-order valence-electron chi connectivity index (χ3n) is 2.37. The van der Waals surface area contributed by atoms with Crippen LogP contribution in [0.5, 0.6) is 0 Å². The van der Waals surface area contributed by atoms with Crippen LogP contribution in [-0.2, 0) is 10.0 Å². The molecule has 0 fully saturated rings. The molecule has 2 rings (SSSR count). The largest absolute Gasteiger partial charge is 0.395 e. The molecule has 0 saturated heterocycles. The molecule has 0 aliphatic carbocycles. The standard InChI is InChI=1S/C12H16N4O2S/c1-9(2)15-19(17,18)12-11(13)8-16(14-12)10-6-4-3-5-7-10/h3-9,15H,13H2,1-2H3. The molecule has 0 aliphatic heterocycles. The molecule has 0 aliphatic rings. The fourth-order valence-electron chi connectivity index (χ4n) is 1.66. The second kappa shape index (κ2) is 5.02. The van der Waals surface area contributed by atoms with Gasteiger partial charge in [-0.05, 0) is 26.0 Å². The Morgan fingerprint density at radius 3 is 2.47 bits per heavy atom. The molecular formula is C12H16N4O2S. The van der Waals surface area contributed by atoms with Crippen LogP contribution >= 0.6 is 0 Å². The van der Waals surface area contributed by atoms with Crippen molar-refractivity contribution in [3.05, 3.63) is 36.5 Å². The van der Waals surface area contributed by atoms with Gasteiger partial charge in [-0.1, -0.05) is 18.2 Å². The van der Waals surface area contributed by atoms with Gasteiger partial charge in [0.2, 0.25) is 5.03 Å². The molecule has 0 bridgehead atoms. The summed E-state index contributed by atoms with van der Waals surface area (Å²) in [5, 5.41) is 3.90. The Bertz CT molecular complexity index is 662. The highest BCUT2D eigenvalue weighted by atomic mass is 32.2. The number of para-hydroxylation sites is 1. The van der Waals surface area contributed by atoms with E-state index in [4.69, 9.17) is 5.73 Å². The van der Waals surface area contributed by atoms with Crippen LogP contribution in [0.2, 0.25) is 0 Å². The zero-order valence-electron chi connectivity index (χ0n) is 10.7. The molecular weight excluding hydrogens is 264 g/mol. The molecule has 19 heavy (non-hydrogen) atoms. The summed E-state index contributed by atoms with van der Waals surface area (Å²) in [5.74, 6) is 0. The van der Waals surface area contributed by atoms with E-state index in [2.05, 4.69) is 9.82 Å². The lowest BCUT2D eigenvalue weighted by Gasteiger charge is -2.07. The van der Waals surface area contributed by atoms with Crippen molar-refractivity contribution in [1.82, 2.24) is 14.5 Å². The van der Waals surface area contributed by atoms with Crippen LogP contribution in [0.3, 0.4) is 0 Å². The fourth-order valence-corrected chi connectivity index (χ4v) is 2.95. The fraction of sp³-hybridized carbons (Fsp3) is 0.250. The van der Waals surface area contributed by atoms with E-state index >= 15 is 0 Å². The van der Waals surface area contributed by atoms with Crippen LogP contribution in [0.25, 0.3) is 5.69 Å². The molecule has 102 valence electrons. The Labute approximate surface area is 112 Å². The van der Waals surface area contributed by atoms with Gasteiger partial charge in [0.15, 0.2) is 0 Å². The highest BCUT2D eigenvalue weighted by Gasteiger charge is 2.22. The molecule has 7 heteroatoms. The summed E-state index contributed by atoms with van der Waals surface area (Å²) < 4.78 is 28.0. The monoisotopic (exact) mass is 280 g/mol. The molecule has 0 radical (unpaired) electrons. The maximum absolute atomic E-state index is 12.0. The molecule has 0 saturated carbocycles. The van der Waals surface area contributed by atoms with Crippen molar-refractivity contribution in [3.63, 3.8) is 0 Å². The molecule has 0 unspecified atom stereocenters. The van der Waals surface area contributed by atoms with Gasteiger partial charge in [-0.3, -0.25) is 0 Å². The summed E-state index contributed by atoms with van der Waals surface area (Å²) >= 11 is 0. The van der Waals surface area contributed by atoms with E-state index in [-0.39, 0.29) is 16.8 Å². The average molecular weight is 280 g/mol. The van der Waals surface area contributed by atoms with E-state index in [1.807, 2.05) is 30.3 Å². The summed E-state index contributed by atoms with van der Waals surface area (Å²) in [6, 6.07) is 8.97. The molecule has 1 aromatic carbocycles. The third-order valence-corrected chi connectivity index (χ3v) is 3.98. The van der Waals surface area contributed by atoms with Gasteiger partial charge in [-0.2, -0.15) is 5.10 Å². The first-order chi connectivity index (χ1) is 8.90. The van der Waals surface area contributed by atoms with E-state index in [9.17, 15) is 8.42 Å². The first-order valence-electron chi connectivity index (χ1n) is 5.83. The number of nitrogens with two attached hydrogens (primary N) is 1. The molecule has 6 nitrogen and oxygen atoms in total. The highest BCUT2D eigenvalue weighted by Crippen LogP contribution is 2.18. The van der Waals surface area contributed by atoms with Crippen LogP contribution < -0.4 is 10.5 Å². The van der Waals surface area contributed by atoms with E-state index in [0.29, 0.717) is 0 Å². The smallest absolute Gasteiger partial charge is 0.262 e. The summed E-state index contributed by atoms with van der Waals surface area (Å²) in [6.07, 6.45) is 1.49. The van der Waals surface area contributed by atoms with Crippen LogP contribution in [0, 0.1) is 0 Å². The van der Waals surface area contributed by atoms with Gasteiger partial charge < -0.3 is 5.73 Å². The van der Waals surface area contributed by atoms with E-state index < -0.39 is 10.0 Å². The summed E-state index contributed by atoms with van der Waals surface area (Å²) in [4.78, 5) is 0. The molecule has 1 aromatic heterocycles. The normalized spacial score (nSPS) is 11.9. The number of aromatic nitrogens is 2. The van der Waals surface area contributed by atoms with Gasteiger partial charge in [0, 0.05) is 6.04 Å². The van der Waals surface area contributed by atoms with Gasteiger partial charge in [0.1, 0.15) is 0 Å². The van der Waals surface area contributed by atoms with E-state index in [0.717, 1.165) is 5.69 Å². The summed E-state index contributed by atoms with van der Waals surface area (Å²) in [5.41, 5.74) is 6.61. The van der Waals surface area contributed by atoms with Gasteiger partial charge in [-0.25, -0.2) is 17.8 Å². The lowest BCUT2D eigenvalue weighted by molar-refractivity contribution is 0.564. The quantitative estimate of drug-likeness (QED) is 0.878. The maximum atomic E-state index is 12.0. The Morgan fingerprint density at radius 1 is 1.26 bits per heavy atom. The number of rotatable bonds is 4. The summed E-state index contributed by atoms with van der Waals surface area (Å²) in [6.45, 7) is 3.48. The minimum atomic E-state index is -3.68. The average Bonchev–Trinajstić information content (AvgIpc) is 2.72. The second-order valence-corrected chi connectivity index (χ2v) is 6.07. The van der Waals surface area contributed by atoms with Crippen molar-refractivity contribution in [2.75, 3.05) is 5.73 Å². The van der Waals surface area contributed by atoms with E-state index in [1.165, 1.54) is 10.9 Å². The van der Waals surface area contributed by atoms with Gasteiger partial charge in [0.25, 0.3) is 10.0 Å². The number of nitrogen functional groups attached to an aromatic ring is 1. The van der Waals surface area contributed by atoms with Crippen molar-refractivity contribution in [2.45, 2.75) is 24.9 Å². The zero-order valence-corrected chi connectivity index (χ0v) is 11.6. The number of nitrogens with one attached hydrogen (secondary N) is 1. The number of anilines is 1. The van der Waals surface area contributed by atoms with Gasteiger partial charge in [0.05, 0.1) is 17.6 Å². The SMILES string of the molecule is CC(C)NS(=O)(=O)c1nn(-c2ccccc2)cc1N. The maximum Gasteiger partial charge on any atom is 0.262 e. The van der Waals surface area contributed by atoms with Crippen LogP contribution in [0.4, 0.5) is 5.69 Å². The Kier molecular flexibility index (Phi) is 3.59. The highest BCUT2D eigenvalue weighted by molar-refractivity contribution is 7.89. The van der Waals surface area contributed by atoms with Crippen molar-refractivity contribution < 1.29 is 8.42 Å². The lowest BCUT2D eigenvalue weighted by atomic mass is 10.3. The predicted molar refractivity (Wildman–Crippen MR) is 73.4 cm³/mol. The van der Waals surface area contributed by atoms with Gasteiger partial charge in [-0.15, -0.1) is 0 Å². The molecule has 3 N–H and O–H groups in total. The van der Waals surface area contributed by atoms with Crippen molar-refractivity contribution in [3.8, 4) is 5.69 Å². The van der Waals surface area contributed by atoms with Crippen molar-refractivity contribution >= 4 is 15.7 Å². The Morgan fingerprint density at radius 2 is 1.89 bits per heavy atom. The number of hydrogen-bond acceptors (Lipinski definition) is 4. The number of benzene rings is 1. The molecule has 2 aromatic rings. The van der Waals surface area contributed by atoms with Crippen LogP contribution in [-0.4, -0.2) is 24.2 Å². The lowest BCUT2D eigenvalue weighted by Crippen LogP contribution is -2.31. The zero-order chi connectivity index (χ0) is 14.0. The Balaban J connectivity index is 2.43. The number of nitrogens with zero attached hydrogens (tertiary/aromatic N) is 2. The minimum absolute atomic E-state index is 0.122. The Hall–Kier alpha value is -1.86. The molecule has 0 atom stereocenters. The molecule has 0 amide bonds. The van der Waals surface area contributed by atoms with Crippen molar-refractivity contribution in [1.29, 1.82) is 0 Å². The minimum Gasteiger partial charge on any atom is -0.395 e. The van der Waals surface area contributed by atoms with Crippen LogP contribution in [0.15, 0.2) is 41.6 Å². The first kappa shape index (κ1) is 13.6. The second-order valence-electron chi connectivity index (χ2n) is 4.45. The molecule has 0 spiro atoms. The number of sulfonamides is 1. The van der Waals surface area contributed by atoms with Crippen molar-refractivity contribution in [2.24, 2.45) is 0 Å². The third kappa shape index (κ3) is 2.94. The predicted octanol–water partition coefficient (Wildman–Crippen LogP) is 1.14. The van der Waals surface area contributed by atoms with Gasteiger partial charge >= 0.3 is 0 Å². The first-order valence-corrected chi connectivity index (χ1v) is 7.31. The molecule has 1 heterocycles. The summed E-state index contributed by atoms with van der Waals surface area (Å²) in [7, 11) is -3.68. The topological polar surface area (TPSA) is 90.0 Å². The van der Waals surface area contributed by atoms with E-state index in [1.54, 1.807) is 13.8 Å². The number of hydrogen-bond donors (Lipinski definition) is 2. The van der Waals surface area contributed by atoms with Crippen LogP contribution in [0.1, 0.15) is 13.8 Å².